The van der Waals surface area contributed by atoms with Crippen molar-refractivity contribution in [2.45, 2.75) is 33.1 Å². The van der Waals surface area contributed by atoms with Crippen LogP contribution in [0.2, 0.25) is 0 Å². The first-order chi connectivity index (χ1) is 14.7. The number of benzene rings is 2. The van der Waals surface area contributed by atoms with Gasteiger partial charge in [0.05, 0.1) is 12.2 Å². The van der Waals surface area contributed by atoms with E-state index in [-0.39, 0.29) is 12.3 Å². The molecule has 3 rings (SSSR count). The maximum absolute atomic E-state index is 12.3. The van der Waals surface area contributed by atoms with Crippen LogP contribution in [0, 0.1) is 13.8 Å². The number of rotatable bonds is 7. The van der Waals surface area contributed by atoms with Crippen molar-refractivity contribution in [2.75, 3.05) is 11.9 Å². The van der Waals surface area contributed by atoms with Gasteiger partial charge in [0.15, 0.2) is 6.61 Å². The minimum Gasteiger partial charge on any atom is -0.484 e. The lowest BCUT2D eigenvalue weighted by molar-refractivity contribution is -0.153. The van der Waals surface area contributed by atoms with Crippen LogP contribution in [0.25, 0.3) is 0 Å². The number of nitrogens with one attached hydrogen (secondary N) is 2. The van der Waals surface area contributed by atoms with Crippen molar-refractivity contribution in [3.8, 4) is 5.75 Å². The number of alkyl halides is 3. The molecule has 0 fully saturated rings. The number of ether oxygens (including phenoxy) is 1. The number of hydrogen-bond donors (Lipinski definition) is 2. The van der Waals surface area contributed by atoms with Gasteiger partial charge in [0.25, 0.3) is 0 Å². The summed E-state index contributed by atoms with van der Waals surface area (Å²) < 4.78 is 43.5. The molecule has 2 amide bonds. The molecule has 2 aromatic carbocycles. The van der Waals surface area contributed by atoms with Gasteiger partial charge in [0, 0.05) is 17.9 Å². The zero-order chi connectivity index (χ0) is 22.4. The molecule has 0 spiro atoms. The summed E-state index contributed by atoms with van der Waals surface area (Å²) in [6.07, 6.45) is -4.41. The minimum atomic E-state index is -4.41. The van der Waals surface area contributed by atoms with E-state index in [4.69, 9.17) is 4.74 Å². The fourth-order valence-electron chi connectivity index (χ4n) is 3.02. The number of amides is 2. The molecule has 1 heterocycles. The van der Waals surface area contributed by atoms with Crippen LogP contribution in [0.1, 0.15) is 22.5 Å². The molecule has 164 valence electrons. The van der Waals surface area contributed by atoms with E-state index in [0.717, 1.165) is 17.0 Å². The van der Waals surface area contributed by atoms with Crippen LogP contribution in [-0.4, -0.2) is 28.6 Å². The first kappa shape index (κ1) is 22.2. The third-order valence-corrected chi connectivity index (χ3v) is 4.37. The predicted molar refractivity (Wildman–Crippen MR) is 111 cm³/mol. The number of aryl methyl sites for hydroxylation is 2. The molecule has 9 heteroatoms. The average molecular weight is 432 g/mol. The lowest BCUT2D eigenvalue weighted by Crippen LogP contribution is -2.28. The van der Waals surface area contributed by atoms with E-state index in [1.54, 1.807) is 18.2 Å². The highest BCUT2D eigenvalue weighted by molar-refractivity contribution is 5.89. The highest BCUT2D eigenvalue weighted by Crippen LogP contribution is 2.19. The van der Waals surface area contributed by atoms with E-state index in [1.165, 1.54) is 12.1 Å². The Kier molecular flexibility index (Phi) is 6.84. The van der Waals surface area contributed by atoms with Gasteiger partial charge in [-0.05, 0) is 55.3 Å². The Bertz CT molecular complexity index is 1050. The molecular weight excluding hydrogens is 409 g/mol. The number of carbonyl (C=O) groups is 1. The van der Waals surface area contributed by atoms with Gasteiger partial charge >= 0.3 is 12.2 Å². The number of anilines is 1. The first-order valence-corrected chi connectivity index (χ1v) is 9.61. The van der Waals surface area contributed by atoms with Crippen molar-refractivity contribution >= 4 is 11.7 Å². The molecule has 2 N–H and O–H groups in total. The first-order valence-electron chi connectivity index (χ1n) is 9.61. The second kappa shape index (κ2) is 9.55. The van der Waals surface area contributed by atoms with Crippen LogP contribution in [0.15, 0.2) is 54.6 Å². The molecule has 0 aliphatic rings. The number of halogens is 3. The molecule has 0 aliphatic carbocycles. The quantitative estimate of drug-likeness (QED) is 0.563. The van der Waals surface area contributed by atoms with Crippen LogP contribution in [-0.2, 0) is 13.1 Å². The van der Waals surface area contributed by atoms with Gasteiger partial charge in [0.2, 0.25) is 0 Å². The number of carbonyl (C=O) groups excluding carboxylic acids is 1. The van der Waals surface area contributed by atoms with Crippen molar-refractivity contribution in [3.63, 3.8) is 0 Å². The van der Waals surface area contributed by atoms with E-state index in [0.29, 0.717) is 17.8 Å². The lowest BCUT2D eigenvalue weighted by atomic mass is 10.2. The van der Waals surface area contributed by atoms with Gasteiger partial charge in [-0.2, -0.15) is 18.3 Å². The molecule has 6 nitrogen and oxygen atoms in total. The maximum Gasteiger partial charge on any atom is 0.422 e. The monoisotopic (exact) mass is 432 g/mol. The van der Waals surface area contributed by atoms with Crippen molar-refractivity contribution in [2.24, 2.45) is 0 Å². The Balaban J connectivity index is 1.54. The van der Waals surface area contributed by atoms with Gasteiger partial charge < -0.3 is 15.4 Å². The van der Waals surface area contributed by atoms with Crippen molar-refractivity contribution in [1.29, 1.82) is 0 Å². The molecule has 3 aromatic rings. The summed E-state index contributed by atoms with van der Waals surface area (Å²) in [5.74, 6) is 0.0916. The Hall–Kier alpha value is -3.49. The topological polar surface area (TPSA) is 68.2 Å². The highest BCUT2D eigenvalue weighted by atomic mass is 19.4. The van der Waals surface area contributed by atoms with E-state index in [1.807, 2.05) is 42.8 Å². The fraction of sp³-hybridized carbons (Fsp3) is 0.273. The number of aromatic nitrogens is 2. The molecule has 1 aromatic heterocycles. The molecule has 0 aliphatic heterocycles. The third-order valence-electron chi connectivity index (χ3n) is 4.37. The van der Waals surface area contributed by atoms with E-state index < -0.39 is 18.8 Å². The van der Waals surface area contributed by atoms with Crippen LogP contribution >= 0.6 is 0 Å². The Morgan fingerprint density at radius 3 is 2.52 bits per heavy atom. The molecule has 0 saturated carbocycles. The second-order valence-corrected chi connectivity index (χ2v) is 7.14. The standard InChI is InChI=1S/C22H23F3N4O2/c1-15-9-16(2)29(28-15)13-18-6-3-7-19(10-18)27-21(30)26-12-17-5-4-8-20(11-17)31-14-22(23,24)25/h3-11H,12-14H2,1-2H3,(H2,26,27,30). The normalized spacial score (nSPS) is 11.3. The molecule has 0 radical (unpaired) electrons. The SMILES string of the molecule is Cc1cc(C)n(Cc2cccc(NC(=O)NCc3cccc(OCC(F)(F)F)c3)c2)n1. The van der Waals surface area contributed by atoms with Gasteiger partial charge in [0.1, 0.15) is 5.75 Å². The molecule has 0 atom stereocenters. The summed E-state index contributed by atoms with van der Waals surface area (Å²) in [5, 5.41) is 9.88. The molecular formula is C22H23F3N4O2. The zero-order valence-corrected chi connectivity index (χ0v) is 17.2. The van der Waals surface area contributed by atoms with Gasteiger partial charge in [-0.15, -0.1) is 0 Å². The lowest BCUT2D eigenvalue weighted by Gasteiger charge is -2.12. The van der Waals surface area contributed by atoms with Gasteiger partial charge in [-0.25, -0.2) is 4.79 Å². The van der Waals surface area contributed by atoms with Crippen molar-refractivity contribution in [1.82, 2.24) is 15.1 Å². The van der Waals surface area contributed by atoms with E-state index >= 15 is 0 Å². The van der Waals surface area contributed by atoms with Crippen LogP contribution in [0.5, 0.6) is 5.75 Å². The van der Waals surface area contributed by atoms with Gasteiger partial charge in [-0.1, -0.05) is 24.3 Å². The van der Waals surface area contributed by atoms with E-state index in [2.05, 4.69) is 15.7 Å². The summed E-state index contributed by atoms with van der Waals surface area (Å²) in [4.78, 5) is 12.2. The van der Waals surface area contributed by atoms with Crippen molar-refractivity contribution < 1.29 is 22.7 Å². The highest BCUT2D eigenvalue weighted by Gasteiger charge is 2.28. The summed E-state index contributed by atoms with van der Waals surface area (Å²) in [5.41, 5.74) is 4.22. The molecule has 31 heavy (non-hydrogen) atoms. The largest absolute Gasteiger partial charge is 0.484 e. The Morgan fingerprint density at radius 1 is 1.06 bits per heavy atom. The molecule has 0 unspecified atom stereocenters. The summed E-state index contributed by atoms with van der Waals surface area (Å²) in [7, 11) is 0. The second-order valence-electron chi connectivity index (χ2n) is 7.14. The van der Waals surface area contributed by atoms with E-state index in [9.17, 15) is 18.0 Å². The predicted octanol–water partition coefficient (Wildman–Crippen LogP) is 4.81. The minimum absolute atomic E-state index is 0.0916. The van der Waals surface area contributed by atoms with Crippen LogP contribution < -0.4 is 15.4 Å². The number of nitrogens with zero attached hydrogens (tertiary/aromatic N) is 2. The number of urea groups is 1. The van der Waals surface area contributed by atoms with Crippen LogP contribution in [0.3, 0.4) is 0 Å². The van der Waals surface area contributed by atoms with Crippen molar-refractivity contribution in [3.05, 3.63) is 77.1 Å². The number of hydrogen-bond acceptors (Lipinski definition) is 3. The summed E-state index contributed by atoms with van der Waals surface area (Å²) >= 11 is 0. The van der Waals surface area contributed by atoms with Crippen LogP contribution in [0.4, 0.5) is 23.7 Å². The average Bonchev–Trinajstić information content (AvgIpc) is 3.01. The zero-order valence-electron chi connectivity index (χ0n) is 17.2. The molecule has 0 saturated heterocycles. The molecule has 0 bridgehead atoms. The maximum atomic E-state index is 12.3. The fourth-order valence-corrected chi connectivity index (χ4v) is 3.02. The van der Waals surface area contributed by atoms with Gasteiger partial charge in [-0.3, -0.25) is 4.68 Å². The smallest absolute Gasteiger partial charge is 0.422 e. The third kappa shape index (κ3) is 7.06. The Labute approximate surface area is 178 Å². The Morgan fingerprint density at radius 2 is 1.81 bits per heavy atom. The summed E-state index contributed by atoms with van der Waals surface area (Å²) in [6, 6.07) is 15.2. The summed E-state index contributed by atoms with van der Waals surface area (Å²) in [6.45, 7) is 3.28.